The zero-order valence-corrected chi connectivity index (χ0v) is 16.2. The Bertz CT molecular complexity index is 898. The Balaban J connectivity index is 1.98. The molecule has 0 heterocycles. The highest BCUT2D eigenvalue weighted by Crippen LogP contribution is 2.20. The van der Waals surface area contributed by atoms with Crippen LogP contribution in [0.5, 0.6) is 5.75 Å². The Morgan fingerprint density at radius 1 is 1.11 bits per heavy atom. The van der Waals surface area contributed by atoms with Gasteiger partial charge in [0.25, 0.3) is 0 Å². The van der Waals surface area contributed by atoms with Crippen LogP contribution in [-0.2, 0) is 17.8 Å². The molecular formula is C21H24N2O5. The van der Waals surface area contributed by atoms with Crippen molar-refractivity contribution >= 4 is 17.8 Å². The maximum atomic E-state index is 12.2. The number of hydrogen-bond acceptors (Lipinski definition) is 4. The van der Waals surface area contributed by atoms with Gasteiger partial charge < -0.3 is 20.9 Å². The van der Waals surface area contributed by atoms with Crippen LogP contribution in [0.3, 0.4) is 0 Å². The standard InChI is InChI=1S/C21H24N2O5/c1-12-8-15(20(22)25)9-13(2)16(12)5-7-19(24)23-11-14-4-6-18(28-3)17(10-14)21(26)27/h4,6,8-10H,5,7,11H2,1-3H3,(H2,22,25)(H,23,24)(H,26,27). The van der Waals surface area contributed by atoms with E-state index in [0.717, 1.165) is 16.7 Å². The molecule has 0 radical (unpaired) electrons. The number of ether oxygens (including phenoxy) is 1. The van der Waals surface area contributed by atoms with Crippen LogP contribution in [0.2, 0.25) is 0 Å². The number of aromatic carboxylic acids is 1. The normalized spacial score (nSPS) is 10.4. The van der Waals surface area contributed by atoms with Gasteiger partial charge in [-0.15, -0.1) is 0 Å². The van der Waals surface area contributed by atoms with Gasteiger partial charge in [0.2, 0.25) is 11.8 Å². The van der Waals surface area contributed by atoms with Gasteiger partial charge >= 0.3 is 5.97 Å². The van der Waals surface area contributed by atoms with Gasteiger partial charge in [-0.25, -0.2) is 4.79 Å². The molecule has 2 aromatic rings. The fourth-order valence-corrected chi connectivity index (χ4v) is 3.09. The van der Waals surface area contributed by atoms with E-state index in [0.29, 0.717) is 17.5 Å². The summed E-state index contributed by atoms with van der Waals surface area (Å²) in [7, 11) is 1.41. The fourth-order valence-electron chi connectivity index (χ4n) is 3.09. The number of methoxy groups -OCH3 is 1. The van der Waals surface area contributed by atoms with E-state index in [1.807, 2.05) is 13.8 Å². The van der Waals surface area contributed by atoms with E-state index in [2.05, 4.69) is 5.32 Å². The summed E-state index contributed by atoms with van der Waals surface area (Å²) in [5, 5.41) is 12.0. The van der Waals surface area contributed by atoms with Crippen molar-refractivity contribution in [1.29, 1.82) is 0 Å². The highest BCUT2D eigenvalue weighted by molar-refractivity contribution is 5.93. The molecule has 0 saturated heterocycles. The van der Waals surface area contributed by atoms with E-state index in [-0.39, 0.29) is 30.2 Å². The third-order valence-corrected chi connectivity index (χ3v) is 4.57. The van der Waals surface area contributed by atoms with E-state index in [9.17, 15) is 19.5 Å². The monoisotopic (exact) mass is 384 g/mol. The van der Waals surface area contributed by atoms with Crippen LogP contribution in [0.4, 0.5) is 0 Å². The predicted octanol–water partition coefficient (Wildman–Crippen LogP) is 2.36. The topological polar surface area (TPSA) is 119 Å². The van der Waals surface area contributed by atoms with Crippen LogP contribution in [0.25, 0.3) is 0 Å². The molecule has 0 spiro atoms. The Labute approximate surface area is 163 Å². The quantitative estimate of drug-likeness (QED) is 0.645. The van der Waals surface area contributed by atoms with E-state index >= 15 is 0 Å². The molecule has 0 aliphatic carbocycles. The van der Waals surface area contributed by atoms with Crippen molar-refractivity contribution in [3.05, 3.63) is 63.7 Å². The number of nitrogens with one attached hydrogen (secondary N) is 1. The fraction of sp³-hybridized carbons (Fsp3) is 0.286. The van der Waals surface area contributed by atoms with Gasteiger partial charge in [0.1, 0.15) is 11.3 Å². The third-order valence-electron chi connectivity index (χ3n) is 4.57. The molecule has 2 aromatic carbocycles. The first kappa shape index (κ1) is 21.0. The lowest BCUT2D eigenvalue weighted by atomic mass is 9.95. The maximum Gasteiger partial charge on any atom is 0.339 e. The van der Waals surface area contributed by atoms with Crippen molar-refractivity contribution in [3.8, 4) is 5.75 Å². The molecule has 0 aliphatic heterocycles. The van der Waals surface area contributed by atoms with E-state index in [1.54, 1.807) is 24.3 Å². The largest absolute Gasteiger partial charge is 0.496 e. The van der Waals surface area contributed by atoms with Crippen molar-refractivity contribution in [1.82, 2.24) is 5.32 Å². The summed E-state index contributed by atoms with van der Waals surface area (Å²) in [6.07, 6.45) is 0.811. The van der Waals surface area contributed by atoms with E-state index in [4.69, 9.17) is 10.5 Å². The van der Waals surface area contributed by atoms with E-state index in [1.165, 1.54) is 13.2 Å². The minimum absolute atomic E-state index is 0.0510. The number of benzene rings is 2. The number of aryl methyl sites for hydroxylation is 2. The molecule has 0 aromatic heterocycles. The molecule has 0 bridgehead atoms. The molecule has 0 fully saturated rings. The average molecular weight is 384 g/mol. The summed E-state index contributed by atoms with van der Waals surface area (Å²) < 4.78 is 5.02. The average Bonchev–Trinajstić information content (AvgIpc) is 2.65. The molecule has 0 aliphatic rings. The van der Waals surface area contributed by atoms with E-state index < -0.39 is 11.9 Å². The lowest BCUT2D eigenvalue weighted by Crippen LogP contribution is -2.23. The smallest absolute Gasteiger partial charge is 0.339 e. The zero-order valence-electron chi connectivity index (χ0n) is 16.2. The Morgan fingerprint density at radius 2 is 1.75 bits per heavy atom. The number of nitrogens with two attached hydrogens (primary N) is 1. The first-order valence-corrected chi connectivity index (χ1v) is 8.79. The van der Waals surface area contributed by atoms with Gasteiger partial charge in [0.05, 0.1) is 7.11 Å². The van der Waals surface area contributed by atoms with Gasteiger partial charge in [0, 0.05) is 18.5 Å². The first-order valence-electron chi connectivity index (χ1n) is 8.79. The molecule has 7 nitrogen and oxygen atoms in total. The summed E-state index contributed by atoms with van der Waals surface area (Å²) in [6, 6.07) is 8.22. The Morgan fingerprint density at radius 3 is 2.29 bits per heavy atom. The number of carboxylic acid groups (broad SMARTS) is 1. The summed E-state index contributed by atoms with van der Waals surface area (Å²) in [6.45, 7) is 4.00. The maximum absolute atomic E-state index is 12.2. The third kappa shape index (κ3) is 5.09. The molecule has 0 atom stereocenters. The molecule has 7 heteroatoms. The number of amides is 2. The van der Waals surface area contributed by atoms with Gasteiger partial charge in [0.15, 0.2) is 0 Å². The first-order chi connectivity index (χ1) is 13.2. The Hall–Kier alpha value is -3.35. The highest BCUT2D eigenvalue weighted by Gasteiger charge is 2.13. The molecule has 0 unspecified atom stereocenters. The second-order valence-corrected chi connectivity index (χ2v) is 6.57. The van der Waals surface area contributed by atoms with Crippen molar-refractivity contribution in [2.45, 2.75) is 33.2 Å². The molecule has 2 rings (SSSR count). The minimum atomic E-state index is -1.09. The number of rotatable bonds is 8. The number of primary amides is 1. The lowest BCUT2D eigenvalue weighted by molar-refractivity contribution is -0.121. The number of carbonyl (C=O) groups excluding carboxylic acids is 2. The van der Waals surface area contributed by atoms with Crippen LogP contribution < -0.4 is 15.8 Å². The minimum Gasteiger partial charge on any atom is -0.496 e. The van der Waals surface area contributed by atoms with Crippen molar-refractivity contribution in [2.75, 3.05) is 7.11 Å². The second kappa shape index (κ2) is 9.03. The van der Waals surface area contributed by atoms with Crippen LogP contribution in [0.1, 0.15) is 49.4 Å². The summed E-state index contributed by atoms with van der Waals surface area (Å²) in [4.78, 5) is 34.8. The van der Waals surface area contributed by atoms with Crippen molar-refractivity contribution < 1.29 is 24.2 Å². The summed E-state index contributed by atoms with van der Waals surface area (Å²) in [5.74, 6) is -1.44. The summed E-state index contributed by atoms with van der Waals surface area (Å²) >= 11 is 0. The van der Waals surface area contributed by atoms with Crippen LogP contribution in [0, 0.1) is 13.8 Å². The van der Waals surface area contributed by atoms with Crippen LogP contribution in [0.15, 0.2) is 30.3 Å². The van der Waals surface area contributed by atoms with Crippen LogP contribution >= 0.6 is 0 Å². The second-order valence-electron chi connectivity index (χ2n) is 6.57. The molecule has 0 saturated carbocycles. The van der Waals surface area contributed by atoms with Gasteiger partial charge in [-0.2, -0.15) is 0 Å². The number of hydrogen-bond donors (Lipinski definition) is 3. The molecule has 28 heavy (non-hydrogen) atoms. The number of carboxylic acids is 1. The predicted molar refractivity (Wildman–Crippen MR) is 105 cm³/mol. The van der Waals surface area contributed by atoms with Gasteiger partial charge in [-0.1, -0.05) is 6.07 Å². The van der Waals surface area contributed by atoms with Gasteiger partial charge in [-0.05, 0) is 66.8 Å². The molecule has 2 amide bonds. The van der Waals surface area contributed by atoms with Crippen molar-refractivity contribution in [2.24, 2.45) is 5.73 Å². The molecule has 4 N–H and O–H groups in total. The SMILES string of the molecule is COc1ccc(CNC(=O)CCc2c(C)cc(C(N)=O)cc2C)cc1C(=O)O. The molecular weight excluding hydrogens is 360 g/mol. The summed E-state index contributed by atoms with van der Waals surface area (Å²) in [5.41, 5.74) is 9.35. The zero-order chi connectivity index (χ0) is 20.8. The highest BCUT2D eigenvalue weighted by atomic mass is 16.5. The molecule has 148 valence electrons. The van der Waals surface area contributed by atoms with Gasteiger partial charge in [-0.3, -0.25) is 9.59 Å². The van der Waals surface area contributed by atoms with Crippen LogP contribution in [-0.4, -0.2) is 30.0 Å². The van der Waals surface area contributed by atoms with Crippen molar-refractivity contribution in [3.63, 3.8) is 0 Å². The number of carbonyl (C=O) groups is 3. The lowest BCUT2D eigenvalue weighted by Gasteiger charge is -2.12. The Kier molecular flexibility index (Phi) is 6.76.